The fraction of sp³-hybridized carbons (Fsp3) is 0.545. The molecule has 0 spiro atoms. The summed E-state index contributed by atoms with van der Waals surface area (Å²) in [7, 11) is 0. The van der Waals surface area contributed by atoms with E-state index < -0.39 is 0 Å². The largest absolute Gasteiger partial charge is 0.397 e. The first-order chi connectivity index (χ1) is 6.68. The second-order valence-corrected chi connectivity index (χ2v) is 4.03. The van der Waals surface area contributed by atoms with Crippen LogP contribution in [0.4, 0.5) is 11.5 Å². The van der Waals surface area contributed by atoms with Crippen molar-refractivity contribution in [3.8, 4) is 0 Å². The normalized spacial score (nSPS) is 21.6. The summed E-state index contributed by atoms with van der Waals surface area (Å²) in [6.45, 7) is 5.33. The smallest absolute Gasteiger partial charge is 0.129 e. The molecule has 76 valence electrons. The molecule has 0 aliphatic carbocycles. The molecule has 3 heteroatoms. The van der Waals surface area contributed by atoms with Gasteiger partial charge in [0, 0.05) is 12.6 Å². The van der Waals surface area contributed by atoms with Gasteiger partial charge in [0.05, 0.1) is 11.4 Å². The van der Waals surface area contributed by atoms with Gasteiger partial charge in [-0.2, -0.15) is 0 Å². The highest BCUT2D eigenvalue weighted by Crippen LogP contribution is 2.24. The monoisotopic (exact) mass is 191 g/mol. The molecule has 2 N–H and O–H groups in total. The number of nitrogens with two attached hydrogens (primary N) is 1. The van der Waals surface area contributed by atoms with Crippen LogP contribution in [0.5, 0.6) is 0 Å². The Hall–Kier alpha value is -1.25. The number of hydrogen-bond acceptors (Lipinski definition) is 3. The predicted octanol–water partition coefficient (Wildman–Crippen LogP) is 1.96. The maximum Gasteiger partial charge on any atom is 0.129 e. The molecule has 1 saturated heterocycles. The fourth-order valence-electron chi connectivity index (χ4n) is 1.99. The van der Waals surface area contributed by atoms with E-state index in [0.29, 0.717) is 6.04 Å². The van der Waals surface area contributed by atoms with Crippen molar-refractivity contribution in [1.29, 1.82) is 0 Å². The molecule has 0 bridgehead atoms. The summed E-state index contributed by atoms with van der Waals surface area (Å²) < 4.78 is 0. The van der Waals surface area contributed by atoms with E-state index in [0.717, 1.165) is 23.7 Å². The third kappa shape index (κ3) is 1.54. The maximum atomic E-state index is 5.74. The van der Waals surface area contributed by atoms with Crippen molar-refractivity contribution in [2.75, 3.05) is 17.2 Å². The second-order valence-electron chi connectivity index (χ2n) is 4.03. The van der Waals surface area contributed by atoms with E-state index in [1.807, 2.05) is 19.1 Å². The van der Waals surface area contributed by atoms with E-state index in [1.165, 1.54) is 12.8 Å². The summed E-state index contributed by atoms with van der Waals surface area (Å²) in [5, 5.41) is 0. The Kier molecular flexibility index (Phi) is 2.32. The number of hydrogen-bond donors (Lipinski definition) is 1. The second kappa shape index (κ2) is 3.48. The molecule has 1 unspecified atom stereocenters. The van der Waals surface area contributed by atoms with Crippen molar-refractivity contribution in [2.24, 2.45) is 0 Å². The Labute approximate surface area is 84.9 Å². The summed E-state index contributed by atoms with van der Waals surface area (Å²) in [6, 6.07) is 4.58. The molecular formula is C11H17N3. The molecule has 1 aromatic rings. The van der Waals surface area contributed by atoms with E-state index in [2.05, 4.69) is 16.8 Å². The Morgan fingerprint density at radius 2 is 2.29 bits per heavy atom. The first kappa shape index (κ1) is 9.31. The van der Waals surface area contributed by atoms with Crippen molar-refractivity contribution in [2.45, 2.75) is 32.7 Å². The zero-order valence-electron chi connectivity index (χ0n) is 8.83. The molecule has 1 aliphatic heterocycles. The van der Waals surface area contributed by atoms with E-state index in [1.54, 1.807) is 0 Å². The summed E-state index contributed by atoms with van der Waals surface area (Å²) in [4.78, 5) is 6.86. The number of rotatable bonds is 1. The van der Waals surface area contributed by atoms with Gasteiger partial charge in [-0.15, -0.1) is 0 Å². The summed E-state index contributed by atoms with van der Waals surface area (Å²) in [5.74, 6) is 1.07. The quantitative estimate of drug-likeness (QED) is 0.737. The van der Waals surface area contributed by atoms with Crippen molar-refractivity contribution < 1.29 is 0 Å². The molecule has 1 aromatic heterocycles. The molecule has 1 aliphatic rings. The lowest BCUT2D eigenvalue weighted by Gasteiger charge is -2.22. The Bertz CT molecular complexity index is 335. The minimum absolute atomic E-state index is 0.616. The van der Waals surface area contributed by atoms with Crippen LogP contribution in [-0.2, 0) is 0 Å². The molecule has 1 atom stereocenters. The van der Waals surface area contributed by atoms with Crippen molar-refractivity contribution in [1.82, 2.24) is 4.98 Å². The maximum absolute atomic E-state index is 5.74. The van der Waals surface area contributed by atoms with Gasteiger partial charge in [0.2, 0.25) is 0 Å². The van der Waals surface area contributed by atoms with Crippen LogP contribution >= 0.6 is 0 Å². The van der Waals surface area contributed by atoms with Gasteiger partial charge >= 0.3 is 0 Å². The molecule has 2 rings (SSSR count). The van der Waals surface area contributed by atoms with Crippen LogP contribution in [0.1, 0.15) is 25.5 Å². The third-order valence-corrected chi connectivity index (χ3v) is 2.96. The van der Waals surface area contributed by atoms with Crippen molar-refractivity contribution in [3.63, 3.8) is 0 Å². The van der Waals surface area contributed by atoms with Gasteiger partial charge in [-0.3, -0.25) is 0 Å². The minimum Gasteiger partial charge on any atom is -0.397 e. The lowest BCUT2D eigenvalue weighted by molar-refractivity contribution is 0.726. The molecular weight excluding hydrogens is 174 g/mol. The number of nitrogens with zero attached hydrogens (tertiary/aromatic N) is 2. The van der Waals surface area contributed by atoms with Crippen LogP contribution in [-0.4, -0.2) is 17.6 Å². The average Bonchev–Trinajstić information content (AvgIpc) is 2.57. The molecule has 0 amide bonds. The van der Waals surface area contributed by atoms with E-state index in [9.17, 15) is 0 Å². The SMILES string of the molecule is Cc1nc(N2CCCC2C)ccc1N. The van der Waals surface area contributed by atoms with Gasteiger partial charge in [0.1, 0.15) is 5.82 Å². The topological polar surface area (TPSA) is 42.2 Å². The van der Waals surface area contributed by atoms with Gasteiger partial charge in [0.15, 0.2) is 0 Å². The van der Waals surface area contributed by atoms with E-state index in [-0.39, 0.29) is 0 Å². The molecule has 0 aromatic carbocycles. The minimum atomic E-state index is 0.616. The zero-order chi connectivity index (χ0) is 10.1. The van der Waals surface area contributed by atoms with Crippen molar-refractivity contribution >= 4 is 11.5 Å². The molecule has 0 saturated carbocycles. The third-order valence-electron chi connectivity index (χ3n) is 2.96. The van der Waals surface area contributed by atoms with Crippen LogP contribution in [0.3, 0.4) is 0 Å². The van der Waals surface area contributed by atoms with Crippen molar-refractivity contribution in [3.05, 3.63) is 17.8 Å². The van der Waals surface area contributed by atoms with E-state index >= 15 is 0 Å². The number of aryl methyl sites for hydroxylation is 1. The Balaban J connectivity index is 2.28. The number of nitrogen functional groups attached to an aromatic ring is 1. The highest BCUT2D eigenvalue weighted by Gasteiger charge is 2.21. The number of anilines is 2. The molecule has 0 radical (unpaired) electrons. The lowest BCUT2D eigenvalue weighted by Crippen LogP contribution is -2.27. The van der Waals surface area contributed by atoms with Crippen LogP contribution < -0.4 is 10.6 Å². The standard InChI is InChI=1S/C11H17N3/c1-8-4-3-7-14(8)11-6-5-10(12)9(2)13-11/h5-6,8H,3-4,7,12H2,1-2H3. The molecule has 14 heavy (non-hydrogen) atoms. The first-order valence-electron chi connectivity index (χ1n) is 5.18. The lowest BCUT2D eigenvalue weighted by atomic mass is 10.2. The summed E-state index contributed by atoms with van der Waals surface area (Å²) in [5.41, 5.74) is 7.45. The van der Waals surface area contributed by atoms with Gasteiger partial charge < -0.3 is 10.6 Å². The number of aromatic nitrogens is 1. The first-order valence-corrected chi connectivity index (χ1v) is 5.18. The highest BCUT2D eigenvalue weighted by molar-refractivity contribution is 5.51. The summed E-state index contributed by atoms with van der Waals surface area (Å²) in [6.07, 6.45) is 2.54. The van der Waals surface area contributed by atoms with Gasteiger partial charge in [-0.1, -0.05) is 0 Å². The van der Waals surface area contributed by atoms with Gasteiger partial charge in [0.25, 0.3) is 0 Å². The van der Waals surface area contributed by atoms with Crippen LogP contribution in [0.15, 0.2) is 12.1 Å². The summed E-state index contributed by atoms with van der Waals surface area (Å²) >= 11 is 0. The van der Waals surface area contributed by atoms with Crippen LogP contribution in [0.25, 0.3) is 0 Å². The average molecular weight is 191 g/mol. The van der Waals surface area contributed by atoms with Crippen LogP contribution in [0.2, 0.25) is 0 Å². The highest BCUT2D eigenvalue weighted by atomic mass is 15.2. The Morgan fingerprint density at radius 3 is 2.86 bits per heavy atom. The van der Waals surface area contributed by atoms with E-state index in [4.69, 9.17) is 5.73 Å². The van der Waals surface area contributed by atoms with Gasteiger partial charge in [-0.05, 0) is 38.8 Å². The fourth-order valence-corrected chi connectivity index (χ4v) is 1.99. The van der Waals surface area contributed by atoms with Crippen LogP contribution in [0, 0.1) is 6.92 Å². The molecule has 2 heterocycles. The van der Waals surface area contributed by atoms with Gasteiger partial charge in [-0.25, -0.2) is 4.98 Å². The number of pyridine rings is 1. The zero-order valence-corrected chi connectivity index (χ0v) is 8.83. The Morgan fingerprint density at radius 1 is 1.50 bits per heavy atom. The predicted molar refractivity (Wildman–Crippen MR) is 59.4 cm³/mol. The molecule has 1 fully saturated rings. The molecule has 3 nitrogen and oxygen atoms in total.